The summed E-state index contributed by atoms with van der Waals surface area (Å²) in [5, 5.41) is 0.809. The van der Waals surface area contributed by atoms with Crippen molar-refractivity contribution < 1.29 is 9.47 Å². The third kappa shape index (κ3) is 3.46. The van der Waals surface area contributed by atoms with Gasteiger partial charge in [0, 0.05) is 27.9 Å². The highest BCUT2D eigenvalue weighted by molar-refractivity contribution is 9.10. The first-order valence-electron chi connectivity index (χ1n) is 5.76. The maximum atomic E-state index is 5.97. The Labute approximate surface area is 119 Å². The molecule has 1 atom stereocenters. The molecule has 0 saturated carbocycles. The van der Waals surface area contributed by atoms with E-state index in [-0.39, 0.29) is 0 Å². The molecule has 2 rings (SSSR count). The lowest BCUT2D eigenvalue weighted by Gasteiger charge is -2.16. The first-order valence-corrected chi connectivity index (χ1v) is 7.67. The van der Waals surface area contributed by atoms with Crippen LogP contribution >= 0.6 is 31.9 Å². The molecule has 1 aliphatic heterocycles. The van der Waals surface area contributed by atoms with Crippen molar-refractivity contribution in [2.24, 2.45) is 5.92 Å². The number of benzene rings is 1. The second kappa shape index (κ2) is 6.21. The van der Waals surface area contributed by atoms with E-state index in [9.17, 15) is 0 Å². The van der Waals surface area contributed by atoms with Crippen molar-refractivity contribution in [1.82, 2.24) is 0 Å². The topological polar surface area (TPSA) is 18.5 Å². The number of rotatable bonds is 4. The Morgan fingerprint density at radius 3 is 2.94 bits per heavy atom. The first-order chi connectivity index (χ1) is 8.20. The van der Waals surface area contributed by atoms with Gasteiger partial charge in [0.15, 0.2) is 0 Å². The van der Waals surface area contributed by atoms with Gasteiger partial charge >= 0.3 is 0 Å². The lowest BCUT2D eigenvalue weighted by atomic mass is 10.1. The largest absolute Gasteiger partial charge is 0.493 e. The summed E-state index contributed by atoms with van der Waals surface area (Å²) in [7, 11) is 0. The summed E-state index contributed by atoms with van der Waals surface area (Å²) in [5.74, 6) is 1.55. The SMILES string of the molecule is Cc1cc(Br)cc(CBr)c1OCC1CCOC1. The zero-order chi connectivity index (χ0) is 12.3. The summed E-state index contributed by atoms with van der Waals surface area (Å²) in [6.45, 7) is 4.54. The minimum atomic E-state index is 0.543. The van der Waals surface area contributed by atoms with Crippen molar-refractivity contribution in [1.29, 1.82) is 0 Å². The number of aryl methyl sites for hydroxylation is 1. The molecule has 1 heterocycles. The van der Waals surface area contributed by atoms with Crippen LogP contribution < -0.4 is 4.74 Å². The smallest absolute Gasteiger partial charge is 0.126 e. The summed E-state index contributed by atoms with van der Waals surface area (Å²) < 4.78 is 12.4. The summed E-state index contributed by atoms with van der Waals surface area (Å²) in [5.41, 5.74) is 2.36. The van der Waals surface area contributed by atoms with Crippen LogP contribution in [0.3, 0.4) is 0 Å². The molecule has 0 amide bonds. The second-order valence-electron chi connectivity index (χ2n) is 4.39. The van der Waals surface area contributed by atoms with Crippen LogP contribution in [0.2, 0.25) is 0 Å². The van der Waals surface area contributed by atoms with E-state index in [1.54, 1.807) is 0 Å². The normalized spacial score (nSPS) is 19.6. The van der Waals surface area contributed by atoms with Gasteiger partial charge < -0.3 is 9.47 Å². The van der Waals surface area contributed by atoms with Crippen molar-refractivity contribution in [3.8, 4) is 5.75 Å². The molecule has 0 radical (unpaired) electrons. The van der Waals surface area contributed by atoms with Crippen molar-refractivity contribution in [2.75, 3.05) is 19.8 Å². The summed E-state index contributed by atoms with van der Waals surface area (Å²) >= 11 is 7.01. The van der Waals surface area contributed by atoms with E-state index in [1.807, 2.05) is 0 Å². The Balaban J connectivity index is 2.08. The molecule has 4 heteroatoms. The predicted octanol–water partition coefficient (Wildman–Crippen LogP) is 4.07. The zero-order valence-corrected chi connectivity index (χ0v) is 13.0. The third-order valence-corrected chi connectivity index (χ3v) is 4.01. The predicted molar refractivity (Wildman–Crippen MR) is 75.9 cm³/mol. The molecule has 1 saturated heterocycles. The highest BCUT2D eigenvalue weighted by atomic mass is 79.9. The Morgan fingerprint density at radius 2 is 2.29 bits per heavy atom. The van der Waals surface area contributed by atoms with E-state index < -0.39 is 0 Å². The van der Waals surface area contributed by atoms with Gasteiger partial charge in [-0.2, -0.15) is 0 Å². The Hall–Kier alpha value is -0.0600. The lowest BCUT2D eigenvalue weighted by Crippen LogP contribution is -2.13. The molecular formula is C13H16Br2O2. The molecule has 1 fully saturated rings. The van der Waals surface area contributed by atoms with Crippen LogP contribution in [0.25, 0.3) is 0 Å². The first kappa shape index (κ1) is 13.4. The third-order valence-electron chi connectivity index (χ3n) is 2.95. The fourth-order valence-electron chi connectivity index (χ4n) is 2.02. The van der Waals surface area contributed by atoms with E-state index in [2.05, 4.69) is 50.9 Å². The van der Waals surface area contributed by atoms with Gasteiger partial charge in [-0.05, 0) is 31.0 Å². The molecular weight excluding hydrogens is 348 g/mol. The van der Waals surface area contributed by atoms with Crippen molar-refractivity contribution >= 4 is 31.9 Å². The van der Waals surface area contributed by atoms with E-state index in [0.29, 0.717) is 5.92 Å². The second-order valence-corrected chi connectivity index (χ2v) is 5.86. The Morgan fingerprint density at radius 1 is 1.47 bits per heavy atom. The number of ether oxygens (including phenoxy) is 2. The van der Waals surface area contributed by atoms with Crippen LogP contribution in [-0.4, -0.2) is 19.8 Å². The molecule has 1 aliphatic rings. The van der Waals surface area contributed by atoms with Gasteiger partial charge in [0.1, 0.15) is 5.75 Å². The van der Waals surface area contributed by atoms with Gasteiger partial charge in [-0.3, -0.25) is 0 Å². The molecule has 0 spiro atoms. The maximum Gasteiger partial charge on any atom is 0.126 e. The van der Waals surface area contributed by atoms with Crippen LogP contribution in [0.15, 0.2) is 16.6 Å². The van der Waals surface area contributed by atoms with Crippen LogP contribution in [-0.2, 0) is 10.1 Å². The summed E-state index contributed by atoms with van der Waals surface area (Å²) in [6, 6.07) is 4.19. The molecule has 17 heavy (non-hydrogen) atoms. The van der Waals surface area contributed by atoms with E-state index in [4.69, 9.17) is 9.47 Å². The molecule has 94 valence electrons. The molecule has 0 N–H and O–H groups in total. The number of hydrogen-bond donors (Lipinski definition) is 0. The van der Waals surface area contributed by atoms with Gasteiger partial charge in [0.25, 0.3) is 0 Å². The Kier molecular flexibility index (Phi) is 4.88. The summed E-state index contributed by atoms with van der Waals surface area (Å²) in [6.07, 6.45) is 1.11. The maximum absolute atomic E-state index is 5.97. The minimum absolute atomic E-state index is 0.543. The molecule has 1 aromatic carbocycles. The van der Waals surface area contributed by atoms with Gasteiger partial charge in [-0.25, -0.2) is 0 Å². The van der Waals surface area contributed by atoms with Gasteiger partial charge in [-0.1, -0.05) is 31.9 Å². The fourth-order valence-corrected chi connectivity index (χ4v) is 3.06. The van der Waals surface area contributed by atoms with E-state index in [1.165, 1.54) is 11.1 Å². The monoisotopic (exact) mass is 362 g/mol. The van der Waals surface area contributed by atoms with Crippen LogP contribution in [0.1, 0.15) is 17.5 Å². The molecule has 0 bridgehead atoms. The molecule has 2 nitrogen and oxygen atoms in total. The average Bonchev–Trinajstić information content (AvgIpc) is 2.79. The van der Waals surface area contributed by atoms with Gasteiger partial charge in [0.05, 0.1) is 13.2 Å². The van der Waals surface area contributed by atoms with Crippen LogP contribution in [0.5, 0.6) is 5.75 Å². The number of alkyl halides is 1. The average molecular weight is 364 g/mol. The Bertz CT molecular complexity index is 387. The number of hydrogen-bond acceptors (Lipinski definition) is 2. The minimum Gasteiger partial charge on any atom is -0.493 e. The molecule has 0 aliphatic carbocycles. The van der Waals surface area contributed by atoms with Crippen molar-refractivity contribution in [2.45, 2.75) is 18.7 Å². The standard InChI is InChI=1S/C13H16Br2O2/c1-9-4-12(15)5-11(6-14)13(9)17-8-10-2-3-16-7-10/h4-5,10H,2-3,6-8H2,1H3. The molecule has 0 aromatic heterocycles. The van der Waals surface area contributed by atoms with E-state index in [0.717, 1.165) is 41.8 Å². The zero-order valence-electron chi connectivity index (χ0n) is 9.84. The van der Waals surface area contributed by atoms with Crippen LogP contribution in [0.4, 0.5) is 0 Å². The number of halogens is 2. The molecule has 1 aromatic rings. The highest BCUT2D eigenvalue weighted by Crippen LogP contribution is 2.30. The van der Waals surface area contributed by atoms with E-state index >= 15 is 0 Å². The summed E-state index contributed by atoms with van der Waals surface area (Å²) in [4.78, 5) is 0. The lowest BCUT2D eigenvalue weighted by molar-refractivity contribution is 0.166. The van der Waals surface area contributed by atoms with Crippen LogP contribution in [0, 0.1) is 12.8 Å². The van der Waals surface area contributed by atoms with Crippen molar-refractivity contribution in [3.05, 3.63) is 27.7 Å². The highest BCUT2D eigenvalue weighted by Gasteiger charge is 2.17. The van der Waals surface area contributed by atoms with Crippen molar-refractivity contribution in [3.63, 3.8) is 0 Å². The molecule has 1 unspecified atom stereocenters. The van der Waals surface area contributed by atoms with Gasteiger partial charge in [-0.15, -0.1) is 0 Å². The van der Waals surface area contributed by atoms with Gasteiger partial charge in [0.2, 0.25) is 0 Å². The quantitative estimate of drug-likeness (QED) is 0.751. The fraction of sp³-hybridized carbons (Fsp3) is 0.538.